The highest BCUT2D eigenvalue weighted by atomic mass is 35.5. The van der Waals surface area contributed by atoms with Gasteiger partial charge in [-0.25, -0.2) is 0 Å². The second kappa shape index (κ2) is 6.89. The highest BCUT2D eigenvalue weighted by Crippen LogP contribution is 2.41. The summed E-state index contributed by atoms with van der Waals surface area (Å²) in [5.74, 6) is 2.44. The minimum atomic E-state index is 0.318. The molecule has 0 aromatic heterocycles. The van der Waals surface area contributed by atoms with Gasteiger partial charge in [0.2, 0.25) is 0 Å². The first-order chi connectivity index (χ1) is 10.3. The van der Waals surface area contributed by atoms with E-state index in [2.05, 4.69) is 18.3 Å². The summed E-state index contributed by atoms with van der Waals surface area (Å²) >= 11 is 6.50. The zero-order chi connectivity index (χ0) is 14.7. The van der Waals surface area contributed by atoms with Crippen molar-refractivity contribution in [3.63, 3.8) is 0 Å². The van der Waals surface area contributed by atoms with Crippen molar-refractivity contribution in [3.05, 3.63) is 22.7 Å². The number of halogens is 1. The quantitative estimate of drug-likeness (QED) is 0.848. The summed E-state index contributed by atoms with van der Waals surface area (Å²) in [7, 11) is 0. The average Bonchev–Trinajstić information content (AvgIpc) is 2.45. The molecular formula is C17H24ClNO2. The van der Waals surface area contributed by atoms with Crippen LogP contribution in [-0.4, -0.2) is 19.8 Å². The van der Waals surface area contributed by atoms with Crippen molar-refractivity contribution in [2.45, 2.75) is 45.1 Å². The van der Waals surface area contributed by atoms with Crippen LogP contribution < -0.4 is 14.8 Å². The summed E-state index contributed by atoms with van der Waals surface area (Å²) in [6, 6.07) is 4.30. The summed E-state index contributed by atoms with van der Waals surface area (Å²) in [5, 5.41) is 4.44. The van der Waals surface area contributed by atoms with Gasteiger partial charge in [0.05, 0.1) is 0 Å². The summed E-state index contributed by atoms with van der Waals surface area (Å²) in [5.41, 5.74) is 1.15. The van der Waals surface area contributed by atoms with Crippen molar-refractivity contribution in [2.24, 2.45) is 5.92 Å². The number of hydrogen-bond donors (Lipinski definition) is 1. The predicted octanol–water partition coefficient (Wildman–Crippen LogP) is 4.34. The van der Waals surface area contributed by atoms with Crippen LogP contribution in [0.1, 0.15) is 50.6 Å². The molecule has 2 aliphatic rings. The van der Waals surface area contributed by atoms with E-state index in [1.807, 2.05) is 6.07 Å². The van der Waals surface area contributed by atoms with Gasteiger partial charge in [0.15, 0.2) is 11.5 Å². The molecule has 1 saturated carbocycles. The van der Waals surface area contributed by atoms with Crippen LogP contribution >= 0.6 is 11.6 Å². The minimum absolute atomic E-state index is 0.318. The fourth-order valence-electron chi connectivity index (χ4n) is 3.05. The molecule has 0 spiro atoms. The van der Waals surface area contributed by atoms with Gasteiger partial charge >= 0.3 is 0 Å². The van der Waals surface area contributed by atoms with Gasteiger partial charge in [-0.05, 0) is 36.9 Å². The monoisotopic (exact) mass is 309 g/mol. The summed E-state index contributed by atoms with van der Waals surface area (Å²) < 4.78 is 11.3. The van der Waals surface area contributed by atoms with E-state index in [1.54, 1.807) is 0 Å². The van der Waals surface area contributed by atoms with Gasteiger partial charge < -0.3 is 14.8 Å². The molecule has 3 nitrogen and oxygen atoms in total. The molecule has 1 N–H and O–H groups in total. The normalized spacial score (nSPS) is 19.1. The molecule has 116 valence electrons. The Balaban J connectivity index is 1.82. The molecule has 0 bridgehead atoms. The van der Waals surface area contributed by atoms with Gasteiger partial charge in [-0.2, -0.15) is 0 Å². The van der Waals surface area contributed by atoms with Crippen molar-refractivity contribution < 1.29 is 9.47 Å². The number of rotatable bonds is 6. The van der Waals surface area contributed by atoms with Gasteiger partial charge in [-0.1, -0.05) is 37.8 Å². The topological polar surface area (TPSA) is 30.5 Å². The maximum absolute atomic E-state index is 6.50. The second-order valence-corrected chi connectivity index (χ2v) is 6.46. The lowest BCUT2D eigenvalue weighted by molar-refractivity contribution is 0.171. The summed E-state index contributed by atoms with van der Waals surface area (Å²) in [6.07, 6.45) is 6.38. The number of hydrogen-bond acceptors (Lipinski definition) is 3. The van der Waals surface area contributed by atoms with Crippen molar-refractivity contribution in [3.8, 4) is 11.5 Å². The Bertz CT molecular complexity index is 488. The molecule has 0 saturated heterocycles. The number of fused-ring (bicyclic) bond motifs is 1. The van der Waals surface area contributed by atoms with E-state index in [4.69, 9.17) is 21.1 Å². The molecule has 4 heteroatoms. The van der Waals surface area contributed by atoms with Crippen LogP contribution in [0.4, 0.5) is 0 Å². The van der Waals surface area contributed by atoms with Gasteiger partial charge in [0.1, 0.15) is 13.2 Å². The Morgan fingerprint density at radius 2 is 1.95 bits per heavy atom. The number of ether oxygens (including phenoxy) is 2. The number of benzene rings is 1. The Morgan fingerprint density at radius 1 is 1.24 bits per heavy atom. The fourth-order valence-corrected chi connectivity index (χ4v) is 3.33. The maximum Gasteiger partial charge on any atom is 0.162 e. The summed E-state index contributed by atoms with van der Waals surface area (Å²) in [4.78, 5) is 0. The van der Waals surface area contributed by atoms with E-state index in [9.17, 15) is 0 Å². The Kier molecular flexibility index (Phi) is 4.91. The van der Waals surface area contributed by atoms with Crippen LogP contribution in [0.3, 0.4) is 0 Å². The van der Waals surface area contributed by atoms with E-state index in [0.29, 0.717) is 19.3 Å². The molecule has 1 unspecified atom stereocenters. The Labute approximate surface area is 132 Å². The highest BCUT2D eigenvalue weighted by Gasteiger charge is 2.26. The molecule has 1 heterocycles. The van der Waals surface area contributed by atoms with Crippen molar-refractivity contribution in [2.75, 3.05) is 19.8 Å². The molecule has 0 radical (unpaired) electrons. The van der Waals surface area contributed by atoms with Crippen molar-refractivity contribution >= 4 is 11.6 Å². The molecule has 1 atom stereocenters. The largest absolute Gasteiger partial charge is 0.486 e. The Morgan fingerprint density at radius 3 is 2.57 bits per heavy atom. The molecule has 0 amide bonds. The van der Waals surface area contributed by atoms with Crippen LogP contribution in [0.25, 0.3) is 0 Å². The smallest absolute Gasteiger partial charge is 0.162 e. The predicted molar refractivity (Wildman–Crippen MR) is 85.4 cm³/mol. The van der Waals surface area contributed by atoms with E-state index in [-0.39, 0.29) is 0 Å². The lowest BCUT2D eigenvalue weighted by Gasteiger charge is -2.31. The third kappa shape index (κ3) is 3.46. The molecule has 1 fully saturated rings. The van der Waals surface area contributed by atoms with Crippen molar-refractivity contribution in [1.29, 1.82) is 0 Å². The first-order valence-electron chi connectivity index (χ1n) is 8.10. The van der Waals surface area contributed by atoms with E-state index >= 15 is 0 Å². The maximum atomic E-state index is 6.50. The van der Waals surface area contributed by atoms with Gasteiger partial charge in [-0.3, -0.25) is 0 Å². The zero-order valence-electron chi connectivity index (χ0n) is 12.7. The third-order valence-electron chi connectivity index (χ3n) is 4.47. The molecule has 21 heavy (non-hydrogen) atoms. The van der Waals surface area contributed by atoms with Crippen LogP contribution in [-0.2, 0) is 0 Å². The third-order valence-corrected chi connectivity index (χ3v) is 4.80. The van der Waals surface area contributed by atoms with Gasteiger partial charge in [0, 0.05) is 17.1 Å². The SMILES string of the molecule is CCCNC(CC1CCC1)c1cc2c(cc1Cl)OCCO2. The Hall–Kier alpha value is -0.930. The van der Waals surface area contributed by atoms with Gasteiger partial charge in [-0.15, -0.1) is 0 Å². The number of nitrogens with one attached hydrogen (secondary N) is 1. The highest BCUT2D eigenvalue weighted by molar-refractivity contribution is 6.31. The standard InChI is InChI=1S/C17H24ClNO2/c1-2-6-19-15(9-12-4-3-5-12)13-10-16-17(11-14(13)18)21-8-7-20-16/h10-12,15,19H,2-9H2,1H3. The fraction of sp³-hybridized carbons (Fsp3) is 0.647. The lowest BCUT2D eigenvalue weighted by atomic mass is 9.79. The van der Waals surface area contributed by atoms with Gasteiger partial charge in [0.25, 0.3) is 0 Å². The van der Waals surface area contributed by atoms with Crippen molar-refractivity contribution in [1.82, 2.24) is 5.32 Å². The first-order valence-corrected chi connectivity index (χ1v) is 8.48. The zero-order valence-corrected chi connectivity index (χ0v) is 13.4. The molecule has 1 aliphatic carbocycles. The average molecular weight is 310 g/mol. The molecular weight excluding hydrogens is 286 g/mol. The van der Waals surface area contributed by atoms with E-state index < -0.39 is 0 Å². The van der Waals surface area contributed by atoms with Crippen LogP contribution in [0.15, 0.2) is 12.1 Å². The van der Waals surface area contributed by atoms with Crippen LogP contribution in [0.5, 0.6) is 11.5 Å². The molecule has 1 aliphatic heterocycles. The van der Waals surface area contributed by atoms with E-state index in [0.717, 1.165) is 41.0 Å². The van der Waals surface area contributed by atoms with Crippen LogP contribution in [0, 0.1) is 5.92 Å². The van der Waals surface area contributed by atoms with Crippen LogP contribution in [0.2, 0.25) is 5.02 Å². The molecule has 1 aromatic rings. The summed E-state index contributed by atoms with van der Waals surface area (Å²) in [6.45, 7) is 4.42. The molecule has 1 aromatic carbocycles. The molecule has 3 rings (SSSR count). The first kappa shape index (κ1) is 15.0. The second-order valence-electron chi connectivity index (χ2n) is 6.06. The minimum Gasteiger partial charge on any atom is -0.486 e. The lowest BCUT2D eigenvalue weighted by Crippen LogP contribution is -2.27. The van der Waals surface area contributed by atoms with E-state index in [1.165, 1.54) is 25.7 Å².